The van der Waals surface area contributed by atoms with Crippen molar-refractivity contribution >= 4 is 33.4 Å². The highest BCUT2D eigenvalue weighted by atomic mass is 35.5. The van der Waals surface area contributed by atoms with Crippen LogP contribution in [0.5, 0.6) is 0 Å². The van der Waals surface area contributed by atoms with E-state index in [2.05, 4.69) is 15.4 Å². The third-order valence-electron chi connectivity index (χ3n) is 7.92. The van der Waals surface area contributed by atoms with E-state index in [4.69, 9.17) is 22.1 Å². The molecule has 2 aliphatic heterocycles. The molecule has 2 fully saturated rings. The number of benzene rings is 2. The molecule has 0 radical (unpaired) electrons. The van der Waals surface area contributed by atoms with Gasteiger partial charge in [-0.25, -0.2) is 13.1 Å². The first-order valence-corrected chi connectivity index (χ1v) is 16.8. The first-order chi connectivity index (χ1) is 20.1. The van der Waals surface area contributed by atoms with Crippen LogP contribution in [0.3, 0.4) is 0 Å². The van der Waals surface area contributed by atoms with Crippen molar-refractivity contribution < 1.29 is 22.7 Å². The monoisotopic (exact) mass is 619 g/mol. The lowest BCUT2D eigenvalue weighted by Crippen LogP contribution is -2.53. The Bertz CT molecular complexity index is 1300. The Kier molecular flexibility index (Phi) is 11.8. The van der Waals surface area contributed by atoms with Crippen LogP contribution in [-0.2, 0) is 44.0 Å². The van der Waals surface area contributed by atoms with Gasteiger partial charge in [0.1, 0.15) is 12.1 Å². The van der Waals surface area contributed by atoms with E-state index < -0.39 is 34.1 Å². The SMILES string of the molecule is CS(=O)(=O)N[C@H](CCC1CCNCC1)C(=O)N1C[C@H](OCc2ccc(Cl)cc2)C[C@@H]1C(=O)NCc1cccc(CN)c1. The number of nitrogens with one attached hydrogen (secondary N) is 3. The first kappa shape index (κ1) is 32.4. The molecule has 42 heavy (non-hydrogen) atoms. The lowest BCUT2D eigenvalue weighted by molar-refractivity contribution is -0.140. The molecule has 5 N–H and O–H groups in total. The maximum Gasteiger partial charge on any atom is 0.243 e. The molecule has 2 aromatic carbocycles. The Balaban J connectivity index is 1.48. The highest BCUT2D eigenvalue weighted by Gasteiger charge is 2.42. The molecule has 2 aromatic rings. The highest BCUT2D eigenvalue weighted by Crippen LogP contribution is 2.26. The van der Waals surface area contributed by atoms with E-state index in [9.17, 15) is 18.0 Å². The lowest BCUT2D eigenvalue weighted by Gasteiger charge is -2.30. The first-order valence-electron chi connectivity index (χ1n) is 14.5. The molecule has 2 aliphatic rings. The Morgan fingerprint density at radius 1 is 1.12 bits per heavy atom. The van der Waals surface area contributed by atoms with Crippen LogP contribution < -0.4 is 21.1 Å². The molecule has 2 saturated heterocycles. The van der Waals surface area contributed by atoms with Crippen molar-refractivity contribution in [3.8, 4) is 0 Å². The number of rotatable bonds is 13. The molecule has 12 heteroatoms. The van der Waals surface area contributed by atoms with Crippen molar-refractivity contribution in [3.05, 3.63) is 70.2 Å². The van der Waals surface area contributed by atoms with Gasteiger partial charge in [0.15, 0.2) is 0 Å². The summed E-state index contributed by atoms with van der Waals surface area (Å²) in [6.07, 6.45) is 4.02. The van der Waals surface area contributed by atoms with Gasteiger partial charge in [0.25, 0.3) is 0 Å². The number of nitrogens with zero attached hydrogens (tertiary/aromatic N) is 1. The van der Waals surface area contributed by atoms with Gasteiger partial charge < -0.3 is 26.0 Å². The molecule has 0 spiro atoms. The zero-order valence-corrected chi connectivity index (χ0v) is 25.6. The summed E-state index contributed by atoms with van der Waals surface area (Å²) in [5.74, 6) is -0.298. The van der Waals surface area contributed by atoms with Gasteiger partial charge in [-0.1, -0.05) is 48.0 Å². The zero-order chi connectivity index (χ0) is 30.1. The molecule has 10 nitrogen and oxygen atoms in total. The Hall–Kier alpha value is -2.54. The third-order valence-corrected chi connectivity index (χ3v) is 8.88. The molecule has 0 aliphatic carbocycles. The topological polar surface area (TPSA) is 143 Å². The summed E-state index contributed by atoms with van der Waals surface area (Å²) < 4.78 is 33.2. The molecule has 4 rings (SSSR count). The number of hydrogen-bond acceptors (Lipinski definition) is 7. The van der Waals surface area contributed by atoms with Crippen LogP contribution in [0, 0.1) is 5.92 Å². The molecule has 0 bridgehead atoms. The largest absolute Gasteiger partial charge is 0.372 e. The Labute approximate surface area is 253 Å². The normalized spacial score (nSPS) is 20.4. The van der Waals surface area contributed by atoms with E-state index in [0.717, 1.165) is 55.3 Å². The number of carbonyl (C=O) groups is 2. The van der Waals surface area contributed by atoms with E-state index in [1.807, 2.05) is 36.4 Å². The van der Waals surface area contributed by atoms with Gasteiger partial charge >= 0.3 is 0 Å². The van der Waals surface area contributed by atoms with Crippen molar-refractivity contribution in [1.82, 2.24) is 20.3 Å². The molecule has 0 saturated carbocycles. The van der Waals surface area contributed by atoms with Crippen LogP contribution >= 0.6 is 11.6 Å². The summed E-state index contributed by atoms with van der Waals surface area (Å²) in [7, 11) is -3.67. The summed E-state index contributed by atoms with van der Waals surface area (Å²) >= 11 is 6.00. The Morgan fingerprint density at radius 3 is 2.52 bits per heavy atom. The van der Waals surface area contributed by atoms with E-state index in [1.165, 1.54) is 4.90 Å². The smallest absolute Gasteiger partial charge is 0.243 e. The molecule has 3 atom stereocenters. The van der Waals surface area contributed by atoms with E-state index in [1.54, 1.807) is 12.1 Å². The number of ether oxygens (including phenoxy) is 1. The quantitative estimate of drug-likeness (QED) is 0.269. The van der Waals surface area contributed by atoms with Crippen LogP contribution in [-0.4, -0.2) is 69.2 Å². The molecule has 2 amide bonds. The number of halogens is 1. The molecule has 0 aromatic heterocycles. The van der Waals surface area contributed by atoms with Crippen LogP contribution in [0.4, 0.5) is 0 Å². The van der Waals surface area contributed by atoms with Crippen LogP contribution in [0.15, 0.2) is 48.5 Å². The second kappa shape index (κ2) is 15.3. The third kappa shape index (κ3) is 9.75. The van der Waals surface area contributed by atoms with E-state index >= 15 is 0 Å². The van der Waals surface area contributed by atoms with Crippen LogP contribution in [0.25, 0.3) is 0 Å². The summed E-state index contributed by atoms with van der Waals surface area (Å²) in [6.45, 7) is 2.98. The molecular weight excluding hydrogens is 578 g/mol. The van der Waals surface area contributed by atoms with Gasteiger partial charge in [0.05, 0.1) is 19.0 Å². The number of nitrogens with two attached hydrogens (primary N) is 1. The van der Waals surface area contributed by atoms with Crippen molar-refractivity contribution in [2.45, 2.75) is 70.0 Å². The fourth-order valence-electron chi connectivity index (χ4n) is 5.64. The number of hydrogen-bond donors (Lipinski definition) is 4. The molecule has 230 valence electrons. The van der Waals surface area contributed by atoms with Crippen molar-refractivity contribution in [1.29, 1.82) is 0 Å². The van der Waals surface area contributed by atoms with Crippen LogP contribution in [0.2, 0.25) is 5.02 Å². The van der Waals surface area contributed by atoms with Crippen molar-refractivity contribution in [2.75, 3.05) is 25.9 Å². The number of amides is 2. The van der Waals surface area contributed by atoms with Gasteiger partial charge in [-0.2, -0.15) is 0 Å². The molecule has 2 heterocycles. The van der Waals surface area contributed by atoms with Gasteiger partial charge in [-0.3, -0.25) is 9.59 Å². The average Bonchev–Trinajstić information content (AvgIpc) is 3.42. The summed E-state index contributed by atoms with van der Waals surface area (Å²) in [6, 6.07) is 13.2. The second-order valence-corrected chi connectivity index (χ2v) is 13.5. The minimum absolute atomic E-state index is 0.183. The van der Waals surface area contributed by atoms with Crippen molar-refractivity contribution in [2.24, 2.45) is 11.7 Å². The zero-order valence-electron chi connectivity index (χ0n) is 24.1. The van der Waals surface area contributed by atoms with Gasteiger partial charge in [0.2, 0.25) is 21.8 Å². The lowest BCUT2D eigenvalue weighted by atomic mass is 9.91. The molecular formula is C30H42ClN5O5S. The second-order valence-electron chi connectivity index (χ2n) is 11.3. The number of sulfonamides is 1. The Morgan fingerprint density at radius 2 is 1.83 bits per heavy atom. The van der Waals surface area contributed by atoms with Gasteiger partial charge in [0, 0.05) is 31.1 Å². The maximum absolute atomic E-state index is 13.9. The summed E-state index contributed by atoms with van der Waals surface area (Å²) in [5.41, 5.74) is 8.54. The fourth-order valence-corrected chi connectivity index (χ4v) is 6.50. The number of likely N-dealkylation sites (tertiary alicyclic amines) is 1. The molecule has 0 unspecified atom stereocenters. The van der Waals surface area contributed by atoms with Crippen LogP contribution in [0.1, 0.15) is 48.8 Å². The minimum Gasteiger partial charge on any atom is -0.372 e. The van der Waals surface area contributed by atoms with Gasteiger partial charge in [-0.05, 0) is 73.5 Å². The van der Waals surface area contributed by atoms with E-state index in [0.29, 0.717) is 36.9 Å². The van der Waals surface area contributed by atoms with Crippen molar-refractivity contribution in [3.63, 3.8) is 0 Å². The predicted molar refractivity (Wildman–Crippen MR) is 163 cm³/mol. The summed E-state index contributed by atoms with van der Waals surface area (Å²) in [5, 5.41) is 6.91. The number of carbonyl (C=O) groups excluding carboxylic acids is 2. The maximum atomic E-state index is 13.9. The fraction of sp³-hybridized carbons (Fsp3) is 0.533. The van der Waals surface area contributed by atoms with E-state index in [-0.39, 0.29) is 19.0 Å². The standard InChI is InChI=1S/C30H42ClN5O5S/c1-42(39,40)35-27(10-7-21-11-13-33-14-12-21)30(38)36-19-26(41-20-22-5-8-25(31)9-6-22)16-28(36)29(37)34-18-24-4-2-3-23(15-24)17-32/h2-6,8-9,15,21,26-28,33,35H,7,10-14,16-20,32H2,1H3,(H,34,37)/t26-,27-,28-/m1/s1. The number of piperidine rings is 1. The van der Waals surface area contributed by atoms with Gasteiger partial charge in [-0.15, -0.1) is 0 Å². The average molecular weight is 620 g/mol. The minimum atomic E-state index is -3.67. The highest BCUT2D eigenvalue weighted by molar-refractivity contribution is 7.88. The predicted octanol–water partition coefficient (Wildman–Crippen LogP) is 2.30. The summed E-state index contributed by atoms with van der Waals surface area (Å²) in [4.78, 5) is 29.0.